The van der Waals surface area contributed by atoms with E-state index in [-0.39, 0.29) is 12.4 Å². The molecule has 0 atom stereocenters. The average Bonchev–Trinajstić information content (AvgIpc) is 2.48. The van der Waals surface area contributed by atoms with E-state index in [0.29, 0.717) is 23.6 Å². The van der Waals surface area contributed by atoms with Crippen LogP contribution in [0, 0.1) is 5.82 Å². The molecule has 2 aromatic carbocycles. The predicted octanol–water partition coefficient (Wildman–Crippen LogP) is 3.63. The van der Waals surface area contributed by atoms with Gasteiger partial charge in [-0.15, -0.1) is 0 Å². The van der Waals surface area contributed by atoms with Crippen molar-refractivity contribution in [1.82, 2.24) is 0 Å². The zero-order valence-corrected chi connectivity index (χ0v) is 12.6. The Morgan fingerprint density at radius 1 is 1.15 bits per heavy atom. The van der Waals surface area contributed by atoms with Crippen molar-refractivity contribution in [2.45, 2.75) is 13.2 Å². The summed E-state index contributed by atoms with van der Waals surface area (Å²) in [6.07, 6.45) is 0. The second-order valence-corrected chi connectivity index (χ2v) is 5.12. The molecule has 0 fully saturated rings. The highest BCUT2D eigenvalue weighted by Crippen LogP contribution is 2.25. The van der Waals surface area contributed by atoms with Crippen molar-refractivity contribution in [3.05, 3.63) is 57.8 Å². The summed E-state index contributed by atoms with van der Waals surface area (Å²) in [6, 6.07) is 10.1. The fraction of sp³-hybridized carbons (Fsp3) is 0.200. The van der Waals surface area contributed by atoms with Gasteiger partial charge in [-0.05, 0) is 36.4 Å². The first kappa shape index (κ1) is 14.8. The van der Waals surface area contributed by atoms with Crippen LogP contribution in [0.15, 0.2) is 40.9 Å². The van der Waals surface area contributed by atoms with E-state index in [0.717, 1.165) is 10.0 Å². The fourth-order valence-electron chi connectivity index (χ4n) is 1.79. The normalized spacial score (nSPS) is 10.4. The molecule has 2 aromatic rings. The standard InChI is InChI=1S/C15H15BrFNO2/c1-19-13-3-5-15(10(7-13)8-18)20-9-11-6-12(16)2-4-14(11)17/h2-7H,8-9,18H2,1H3. The summed E-state index contributed by atoms with van der Waals surface area (Å²) in [5.74, 6) is 1.05. The van der Waals surface area contributed by atoms with Crippen molar-refractivity contribution in [3.63, 3.8) is 0 Å². The molecule has 0 spiro atoms. The van der Waals surface area contributed by atoms with Gasteiger partial charge in [-0.25, -0.2) is 4.39 Å². The SMILES string of the molecule is COc1ccc(OCc2cc(Br)ccc2F)c(CN)c1. The molecule has 0 aliphatic carbocycles. The zero-order chi connectivity index (χ0) is 14.5. The Hall–Kier alpha value is -1.59. The lowest BCUT2D eigenvalue weighted by Crippen LogP contribution is -2.04. The first-order chi connectivity index (χ1) is 9.63. The highest BCUT2D eigenvalue weighted by atomic mass is 79.9. The summed E-state index contributed by atoms with van der Waals surface area (Å²) >= 11 is 3.31. The molecule has 0 heterocycles. The number of halogens is 2. The van der Waals surface area contributed by atoms with Crippen molar-refractivity contribution in [3.8, 4) is 11.5 Å². The third-order valence-electron chi connectivity index (χ3n) is 2.88. The molecule has 3 nitrogen and oxygen atoms in total. The summed E-state index contributed by atoms with van der Waals surface area (Å²) in [5.41, 5.74) is 6.98. The van der Waals surface area contributed by atoms with Gasteiger partial charge in [0.1, 0.15) is 23.9 Å². The number of hydrogen-bond acceptors (Lipinski definition) is 3. The van der Waals surface area contributed by atoms with E-state index in [4.69, 9.17) is 15.2 Å². The van der Waals surface area contributed by atoms with Crippen LogP contribution in [-0.4, -0.2) is 7.11 Å². The molecule has 0 aliphatic rings. The average molecular weight is 340 g/mol. The van der Waals surface area contributed by atoms with Crippen LogP contribution in [0.25, 0.3) is 0 Å². The van der Waals surface area contributed by atoms with Crippen LogP contribution in [0.4, 0.5) is 4.39 Å². The lowest BCUT2D eigenvalue weighted by atomic mass is 10.2. The Morgan fingerprint density at radius 2 is 1.95 bits per heavy atom. The minimum atomic E-state index is -0.295. The highest BCUT2D eigenvalue weighted by molar-refractivity contribution is 9.10. The van der Waals surface area contributed by atoms with Crippen molar-refractivity contribution in [2.24, 2.45) is 5.73 Å². The number of hydrogen-bond donors (Lipinski definition) is 1. The van der Waals surface area contributed by atoms with Crippen molar-refractivity contribution in [2.75, 3.05) is 7.11 Å². The van der Waals surface area contributed by atoms with E-state index in [1.54, 1.807) is 31.4 Å². The second kappa shape index (κ2) is 6.72. The molecule has 20 heavy (non-hydrogen) atoms. The van der Waals surface area contributed by atoms with Crippen LogP contribution >= 0.6 is 15.9 Å². The van der Waals surface area contributed by atoms with Crippen molar-refractivity contribution < 1.29 is 13.9 Å². The van der Waals surface area contributed by atoms with Gasteiger partial charge in [-0.3, -0.25) is 0 Å². The van der Waals surface area contributed by atoms with E-state index in [9.17, 15) is 4.39 Å². The quantitative estimate of drug-likeness (QED) is 0.904. The first-order valence-corrected chi connectivity index (χ1v) is 6.87. The third-order valence-corrected chi connectivity index (χ3v) is 3.37. The first-order valence-electron chi connectivity index (χ1n) is 6.07. The van der Waals surface area contributed by atoms with Crippen molar-refractivity contribution in [1.29, 1.82) is 0 Å². The maximum absolute atomic E-state index is 13.6. The number of benzene rings is 2. The molecule has 0 saturated heterocycles. The molecule has 5 heteroatoms. The van der Waals surface area contributed by atoms with E-state index < -0.39 is 0 Å². The fourth-order valence-corrected chi connectivity index (χ4v) is 2.20. The molecule has 2 rings (SSSR count). The summed E-state index contributed by atoms with van der Waals surface area (Å²) in [5, 5.41) is 0. The number of rotatable bonds is 5. The smallest absolute Gasteiger partial charge is 0.129 e. The molecule has 2 N–H and O–H groups in total. The topological polar surface area (TPSA) is 44.5 Å². The Balaban J connectivity index is 2.16. The molecular formula is C15H15BrFNO2. The van der Waals surface area contributed by atoms with Crippen molar-refractivity contribution >= 4 is 15.9 Å². The maximum atomic E-state index is 13.6. The second-order valence-electron chi connectivity index (χ2n) is 4.20. The molecule has 0 unspecified atom stereocenters. The summed E-state index contributed by atoms with van der Waals surface area (Å²) < 4.78 is 25.2. The van der Waals surface area contributed by atoms with Gasteiger partial charge in [0.15, 0.2) is 0 Å². The van der Waals surface area contributed by atoms with Gasteiger partial charge in [0.05, 0.1) is 7.11 Å². The van der Waals surface area contributed by atoms with E-state index in [2.05, 4.69) is 15.9 Å². The number of ether oxygens (including phenoxy) is 2. The van der Waals surface area contributed by atoms with Crippen LogP contribution in [-0.2, 0) is 13.2 Å². The molecule has 0 radical (unpaired) electrons. The Morgan fingerprint density at radius 3 is 2.65 bits per heavy atom. The number of nitrogens with two attached hydrogens (primary N) is 1. The van der Waals surface area contributed by atoms with Crippen LogP contribution in [0.5, 0.6) is 11.5 Å². The third kappa shape index (κ3) is 3.49. The minimum absolute atomic E-state index is 0.143. The number of methoxy groups -OCH3 is 1. The lowest BCUT2D eigenvalue weighted by Gasteiger charge is -2.12. The molecule has 0 amide bonds. The molecule has 0 aromatic heterocycles. The highest BCUT2D eigenvalue weighted by Gasteiger charge is 2.07. The van der Waals surface area contributed by atoms with Crippen LogP contribution in [0.1, 0.15) is 11.1 Å². The summed E-state index contributed by atoms with van der Waals surface area (Å²) in [6.45, 7) is 0.470. The van der Waals surface area contributed by atoms with E-state index in [1.807, 2.05) is 6.07 Å². The van der Waals surface area contributed by atoms with E-state index in [1.165, 1.54) is 6.07 Å². The van der Waals surface area contributed by atoms with Gasteiger partial charge >= 0.3 is 0 Å². The Kier molecular flexibility index (Phi) is 4.98. The van der Waals surface area contributed by atoms with Gasteiger partial charge in [-0.1, -0.05) is 15.9 Å². The summed E-state index contributed by atoms with van der Waals surface area (Å²) in [7, 11) is 1.59. The van der Waals surface area contributed by atoms with E-state index >= 15 is 0 Å². The van der Waals surface area contributed by atoms with Gasteiger partial charge < -0.3 is 15.2 Å². The van der Waals surface area contributed by atoms with Gasteiger partial charge in [0, 0.05) is 22.1 Å². The van der Waals surface area contributed by atoms with Crippen LogP contribution in [0.2, 0.25) is 0 Å². The van der Waals surface area contributed by atoms with Crippen LogP contribution < -0.4 is 15.2 Å². The van der Waals surface area contributed by atoms with Crippen LogP contribution in [0.3, 0.4) is 0 Å². The zero-order valence-electron chi connectivity index (χ0n) is 11.0. The molecular weight excluding hydrogens is 325 g/mol. The Labute approximate surface area is 125 Å². The van der Waals surface area contributed by atoms with Gasteiger partial charge in [-0.2, -0.15) is 0 Å². The molecule has 0 aliphatic heterocycles. The predicted molar refractivity (Wildman–Crippen MR) is 79.3 cm³/mol. The van der Waals surface area contributed by atoms with Gasteiger partial charge in [0.25, 0.3) is 0 Å². The Bertz CT molecular complexity index is 604. The lowest BCUT2D eigenvalue weighted by molar-refractivity contribution is 0.296. The molecule has 0 saturated carbocycles. The largest absolute Gasteiger partial charge is 0.497 e. The maximum Gasteiger partial charge on any atom is 0.129 e. The summed E-state index contributed by atoms with van der Waals surface area (Å²) in [4.78, 5) is 0. The van der Waals surface area contributed by atoms with Gasteiger partial charge in [0.2, 0.25) is 0 Å². The molecule has 0 bridgehead atoms. The minimum Gasteiger partial charge on any atom is -0.497 e. The molecule has 106 valence electrons. The monoisotopic (exact) mass is 339 g/mol.